The molecule has 1 aliphatic heterocycles. The van der Waals surface area contributed by atoms with Crippen molar-refractivity contribution in [1.82, 2.24) is 9.55 Å². The van der Waals surface area contributed by atoms with Crippen molar-refractivity contribution < 1.29 is 4.90 Å². The molecule has 2 heterocycles. The minimum absolute atomic E-state index is 0.340. The number of halogens is 1. The summed E-state index contributed by atoms with van der Waals surface area (Å²) in [5.74, 6) is 0.554. The molecule has 4 rings (SSSR count). The SMILES string of the molecule is O=c1[nH]c(=O)n(-c2ccc(Cl)cc2)c2c1C[NH+](Cc1ccccc1)CN2. The third-order valence-corrected chi connectivity index (χ3v) is 4.77. The first-order chi connectivity index (χ1) is 12.6. The summed E-state index contributed by atoms with van der Waals surface area (Å²) < 4.78 is 1.49. The summed E-state index contributed by atoms with van der Waals surface area (Å²) in [4.78, 5) is 28.4. The van der Waals surface area contributed by atoms with Gasteiger partial charge in [-0.3, -0.25) is 9.78 Å². The molecule has 3 aromatic rings. The first-order valence-corrected chi connectivity index (χ1v) is 8.75. The molecule has 0 bridgehead atoms. The van der Waals surface area contributed by atoms with Crippen LogP contribution in [0.1, 0.15) is 11.1 Å². The second kappa shape index (κ2) is 6.82. The van der Waals surface area contributed by atoms with E-state index < -0.39 is 5.69 Å². The predicted octanol–water partition coefficient (Wildman–Crippen LogP) is 1.15. The number of aromatic amines is 1. The van der Waals surface area contributed by atoms with E-state index in [1.165, 1.54) is 15.0 Å². The molecular weight excluding hydrogens is 352 g/mol. The Morgan fingerprint density at radius 2 is 1.77 bits per heavy atom. The number of fused-ring (bicyclic) bond motifs is 1. The Morgan fingerprint density at radius 3 is 2.50 bits per heavy atom. The Balaban J connectivity index is 1.71. The molecule has 2 aromatic carbocycles. The van der Waals surface area contributed by atoms with Crippen molar-refractivity contribution in [1.29, 1.82) is 0 Å². The van der Waals surface area contributed by atoms with Crippen molar-refractivity contribution in [3.63, 3.8) is 0 Å². The maximum atomic E-state index is 12.4. The van der Waals surface area contributed by atoms with Crippen molar-refractivity contribution in [3.05, 3.63) is 91.6 Å². The highest BCUT2D eigenvalue weighted by atomic mass is 35.5. The Hall–Kier alpha value is -2.83. The lowest BCUT2D eigenvalue weighted by Crippen LogP contribution is -3.11. The van der Waals surface area contributed by atoms with Gasteiger partial charge in [-0.2, -0.15) is 0 Å². The molecule has 6 nitrogen and oxygen atoms in total. The zero-order valence-corrected chi connectivity index (χ0v) is 14.7. The van der Waals surface area contributed by atoms with Gasteiger partial charge in [-0.05, 0) is 24.3 Å². The van der Waals surface area contributed by atoms with E-state index in [1.54, 1.807) is 24.3 Å². The zero-order valence-electron chi connectivity index (χ0n) is 14.0. The van der Waals surface area contributed by atoms with Gasteiger partial charge in [0.05, 0.1) is 5.69 Å². The van der Waals surface area contributed by atoms with Crippen LogP contribution < -0.4 is 21.5 Å². The smallest absolute Gasteiger partial charge is 0.324 e. The van der Waals surface area contributed by atoms with E-state index in [2.05, 4.69) is 22.4 Å². The highest BCUT2D eigenvalue weighted by Gasteiger charge is 2.26. The predicted molar refractivity (Wildman–Crippen MR) is 101 cm³/mol. The number of H-pyrrole nitrogens is 1. The average Bonchev–Trinajstić information content (AvgIpc) is 2.64. The maximum absolute atomic E-state index is 12.4. The molecule has 26 heavy (non-hydrogen) atoms. The van der Waals surface area contributed by atoms with E-state index in [1.807, 2.05) is 18.2 Å². The zero-order chi connectivity index (χ0) is 18.1. The van der Waals surface area contributed by atoms with Crippen LogP contribution in [0.25, 0.3) is 5.69 Å². The molecule has 0 saturated carbocycles. The standard InChI is InChI=1S/C19H17ClN4O2/c20-14-6-8-15(9-7-14)24-17-16(18(25)22-19(24)26)11-23(12-21-17)10-13-4-2-1-3-5-13/h1-9,21H,10-12H2,(H,22,25,26)/p+1. The largest absolute Gasteiger partial charge is 0.334 e. The van der Waals surface area contributed by atoms with E-state index in [-0.39, 0.29) is 5.56 Å². The van der Waals surface area contributed by atoms with Gasteiger partial charge >= 0.3 is 5.69 Å². The van der Waals surface area contributed by atoms with Gasteiger partial charge in [0.2, 0.25) is 0 Å². The average molecular weight is 370 g/mol. The lowest BCUT2D eigenvalue weighted by molar-refractivity contribution is -0.926. The molecule has 1 aromatic heterocycles. The summed E-state index contributed by atoms with van der Waals surface area (Å²) in [5, 5.41) is 3.86. The number of rotatable bonds is 3. The molecule has 0 radical (unpaired) electrons. The van der Waals surface area contributed by atoms with Crippen LogP contribution in [0.5, 0.6) is 0 Å². The van der Waals surface area contributed by atoms with Crippen LogP contribution >= 0.6 is 11.6 Å². The van der Waals surface area contributed by atoms with Crippen LogP contribution in [0.3, 0.4) is 0 Å². The van der Waals surface area contributed by atoms with E-state index in [0.29, 0.717) is 35.3 Å². The lowest BCUT2D eigenvalue weighted by atomic mass is 10.1. The van der Waals surface area contributed by atoms with Crippen LogP contribution in [-0.4, -0.2) is 16.2 Å². The summed E-state index contributed by atoms with van der Waals surface area (Å²) >= 11 is 5.94. The van der Waals surface area contributed by atoms with Crippen molar-refractivity contribution in [2.45, 2.75) is 13.1 Å². The number of nitrogens with one attached hydrogen (secondary N) is 3. The highest BCUT2D eigenvalue weighted by molar-refractivity contribution is 6.30. The van der Waals surface area contributed by atoms with Gasteiger partial charge in [0, 0.05) is 10.6 Å². The van der Waals surface area contributed by atoms with Crippen molar-refractivity contribution in [2.24, 2.45) is 0 Å². The molecule has 0 spiro atoms. The molecule has 0 fully saturated rings. The van der Waals surface area contributed by atoms with E-state index in [4.69, 9.17) is 11.6 Å². The van der Waals surface area contributed by atoms with E-state index in [9.17, 15) is 9.59 Å². The Morgan fingerprint density at radius 1 is 1.04 bits per heavy atom. The second-order valence-corrected chi connectivity index (χ2v) is 6.78. The summed E-state index contributed by atoms with van der Waals surface area (Å²) in [5.41, 5.74) is 1.64. The van der Waals surface area contributed by atoms with Gasteiger partial charge in [-0.15, -0.1) is 0 Å². The number of anilines is 1. The quantitative estimate of drug-likeness (QED) is 0.648. The lowest BCUT2D eigenvalue weighted by Gasteiger charge is -2.28. The highest BCUT2D eigenvalue weighted by Crippen LogP contribution is 2.18. The number of quaternary nitrogens is 1. The molecule has 132 valence electrons. The molecule has 0 aliphatic carbocycles. The molecular formula is C19H18ClN4O2+. The topological polar surface area (TPSA) is 71.3 Å². The van der Waals surface area contributed by atoms with Crippen LogP contribution in [-0.2, 0) is 13.1 Å². The molecule has 0 saturated heterocycles. The molecule has 1 aliphatic rings. The fourth-order valence-corrected chi connectivity index (χ4v) is 3.42. The summed E-state index contributed by atoms with van der Waals surface area (Å²) in [6.45, 7) is 1.96. The van der Waals surface area contributed by atoms with E-state index >= 15 is 0 Å². The van der Waals surface area contributed by atoms with Crippen molar-refractivity contribution >= 4 is 17.4 Å². The van der Waals surface area contributed by atoms with E-state index in [0.717, 1.165) is 6.54 Å². The summed E-state index contributed by atoms with van der Waals surface area (Å²) in [7, 11) is 0. The van der Waals surface area contributed by atoms with Crippen LogP contribution in [0.15, 0.2) is 64.2 Å². The Bertz CT molecular complexity index is 1040. The third kappa shape index (κ3) is 3.16. The summed E-state index contributed by atoms with van der Waals surface area (Å²) in [6, 6.07) is 17.1. The fraction of sp³-hybridized carbons (Fsp3) is 0.158. The minimum atomic E-state index is -0.463. The van der Waals surface area contributed by atoms with Crippen LogP contribution in [0, 0.1) is 0 Å². The number of aromatic nitrogens is 2. The first-order valence-electron chi connectivity index (χ1n) is 8.37. The Labute approximate surface area is 154 Å². The van der Waals surface area contributed by atoms with Crippen LogP contribution in [0.4, 0.5) is 5.82 Å². The van der Waals surface area contributed by atoms with Gasteiger partial charge < -0.3 is 10.2 Å². The second-order valence-electron chi connectivity index (χ2n) is 6.34. The number of benzene rings is 2. The first kappa shape index (κ1) is 16.6. The van der Waals surface area contributed by atoms with Gasteiger partial charge in [0.25, 0.3) is 5.56 Å². The van der Waals surface area contributed by atoms with Gasteiger partial charge in [0.1, 0.15) is 24.5 Å². The number of hydrogen-bond donors (Lipinski definition) is 3. The van der Waals surface area contributed by atoms with Gasteiger partial charge in [-0.1, -0.05) is 41.9 Å². The Kier molecular flexibility index (Phi) is 4.36. The minimum Gasteiger partial charge on any atom is -0.324 e. The van der Waals surface area contributed by atoms with Crippen molar-refractivity contribution in [3.8, 4) is 5.69 Å². The number of nitrogens with zero attached hydrogens (tertiary/aromatic N) is 1. The molecule has 1 unspecified atom stereocenters. The summed E-state index contributed by atoms with van der Waals surface area (Å²) in [6.07, 6.45) is 0. The number of hydrogen-bond acceptors (Lipinski definition) is 3. The maximum Gasteiger partial charge on any atom is 0.334 e. The van der Waals surface area contributed by atoms with Gasteiger partial charge in [0.15, 0.2) is 6.67 Å². The molecule has 1 atom stereocenters. The molecule has 7 heteroatoms. The fourth-order valence-electron chi connectivity index (χ4n) is 3.29. The monoisotopic (exact) mass is 369 g/mol. The third-order valence-electron chi connectivity index (χ3n) is 4.52. The van der Waals surface area contributed by atoms with Crippen LogP contribution in [0.2, 0.25) is 5.02 Å². The normalized spacial score (nSPS) is 16.0. The molecule has 0 amide bonds. The van der Waals surface area contributed by atoms with Gasteiger partial charge in [-0.25, -0.2) is 9.36 Å². The molecule has 3 N–H and O–H groups in total. The van der Waals surface area contributed by atoms with Crippen molar-refractivity contribution in [2.75, 3.05) is 12.0 Å².